The number of carbonyl (C=O) groups is 1. The number of benzene rings is 2. The van der Waals surface area contributed by atoms with Gasteiger partial charge in [-0.1, -0.05) is 23.8 Å². The van der Waals surface area contributed by atoms with E-state index in [1.54, 1.807) is 44.2 Å². The number of hydrogen-bond donors (Lipinski definition) is 1. The van der Waals surface area contributed by atoms with E-state index in [1.807, 2.05) is 6.92 Å². The average Bonchev–Trinajstić information content (AvgIpc) is 2.61. The molecule has 0 aliphatic heterocycles. The van der Waals surface area contributed by atoms with Crippen LogP contribution in [0.1, 0.15) is 23.6 Å². The number of rotatable bonds is 7. The maximum absolute atomic E-state index is 12.4. The van der Waals surface area contributed by atoms with Crippen molar-refractivity contribution in [2.45, 2.75) is 31.8 Å². The van der Waals surface area contributed by atoms with Crippen LogP contribution in [0.5, 0.6) is 11.5 Å². The first-order valence-corrected chi connectivity index (χ1v) is 9.20. The predicted octanol–water partition coefficient (Wildman–Crippen LogP) is 4.58. The standard InChI is InChI=1S/C20H25NO3S/c1-13-6-7-14(2)16(10-13)12-25-15(3)20(22)21-17-8-9-18(23-4)19(11-17)24-5/h6-11,15H,12H2,1-5H3,(H,21,22). The normalized spacial score (nSPS) is 11.7. The molecule has 0 saturated carbocycles. The summed E-state index contributed by atoms with van der Waals surface area (Å²) in [4.78, 5) is 12.4. The molecule has 2 aromatic carbocycles. The monoisotopic (exact) mass is 359 g/mol. The predicted molar refractivity (Wildman–Crippen MR) is 105 cm³/mol. The highest BCUT2D eigenvalue weighted by Gasteiger charge is 2.15. The van der Waals surface area contributed by atoms with Crippen molar-refractivity contribution in [3.8, 4) is 11.5 Å². The number of aryl methyl sites for hydroxylation is 2. The Hall–Kier alpha value is -2.14. The first kappa shape index (κ1) is 19.2. The zero-order valence-electron chi connectivity index (χ0n) is 15.4. The van der Waals surface area contributed by atoms with Crippen LogP contribution in [-0.2, 0) is 10.5 Å². The molecular formula is C20H25NO3S. The molecule has 0 aromatic heterocycles. The largest absolute Gasteiger partial charge is 0.493 e. The molecule has 1 amide bonds. The first-order valence-electron chi connectivity index (χ1n) is 8.15. The van der Waals surface area contributed by atoms with Crippen LogP contribution < -0.4 is 14.8 Å². The van der Waals surface area contributed by atoms with E-state index in [0.29, 0.717) is 17.2 Å². The van der Waals surface area contributed by atoms with Crippen molar-refractivity contribution >= 4 is 23.4 Å². The summed E-state index contributed by atoms with van der Waals surface area (Å²) in [5, 5.41) is 2.78. The summed E-state index contributed by atoms with van der Waals surface area (Å²) < 4.78 is 10.5. The van der Waals surface area contributed by atoms with Crippen LogP contribution in [0.4, 0.5) is 5.69 Å². The number of amides is 1. The zero-order valence-corrected chi connectivity index (χ0v) is 16.2. The van der Waals surface area contributed by atoms with Crippen LogP contribution in [-0.4, -0.2) is 25.4 Å². The van der Waals surface area contributed by atoms with E-state index in [-0.39, 0.29) is 11.2 Å². The highest BCUT2D eigenvalue weighted by atomic mass is 32.2. The summed E-state index contributed by atoms with van der Waals surface area (Å²) in [6, 6.07) is 11.8. The summed E-state index contributed by atoms with van der Waals surface area (Å²) in [5.41, 5.74) is 4.46. The topological polar surface area (TPSA) is 47.6 Å². The van der Waals surface area contributed by atoms with Gasteiger partial charge in [-0.05, 0) is 44.0 Å². The maximum atomic E-state index is 12.4. The molecule has 0 spiro atoms. The summed E-state index contributed by atoms with van der Waals surface area (Å²) in [5.74, 6) is 2.02. The van der Waals surface area contributed by atoms with Gasteiger partial charge in [0, 0.05) is 17.5 Å². The van der Waals surface area contributed by atoms with E-state index in [1.165, 1.54) is 16.7 Å². The minimum Gasteiger partial charge on any atom is -0.493 e. The molecule has 1 atom stereocenters. The Morgan fingerprint density at radius 3 is 2.48 bits per heavy atom. The van der Waals surface area contributed by atoms with Crippen molar-refractivity contribution in [2.24, 2.45) is 0 Å². The second-order valence-corrected chi connectivity index (χ2v) is 7.27. The lowest BCUT2D eigenvalue weighted by Gasteiger charge is -2.15. The number of nitrogens with one attached hydrogen (secondary N) is 1. The van der Waals surface area contributed by atoms with E-state index >= 15 is 0 Å². The van der Waals surface area contributed by atoms with E-state index < -0.39 is 0 Å². The minimum absolute atomic E-state index is 0.0254. The number of ether oxygens (including phenoxy) is 2. The van der Waals surface area contributed by atoms with Gasteiger partial charge in [0.05, 0.1) is 19.5 Å². The first-order chi connectivity index (χ1) is 11.9. The molecule has 1 N–H and O–H groups in total. The molecule has 0 saturated heterocycles. The zero-order chi connectivity index (χ0) is 18.4. The molecule has 0 aliphatic rings. The molecule has 0 fully saturated rings. The molecule has 1 unspecified atom stereocenters. The van der Waals surface area contributed by atoms with Crippen molar-refractivity contribution in [2.75, 3.05) is 19.5 Å². The van der Waals surface area contributed by atoms with Crippen LogP contribution >= 0.6 is 11.8 Å². The van der Waals surface area contributed by atoms with Gasteiger partial charge in [-0.3, -0.25) is 4.79 Å². The van der Waals surface area contributed by atoms with Crippen molar-refractivity contribution in [3.05, 3.63) is 53.1 Å². The van der Waals surface area contributed by atoms with Crippen LogP contribution in [0.3, 0.4) is 0 Å². The number of hydrogen-bond acceptors (Lipinski definition) is 4. The number of carbonyl (C=O) groups excluding carboxylic acids is 1. The Kier molecular flexibility index (Phi) is 6.76. The van der Waals surface area contributed by atoms with Crippen LogP contribution in [0, 0.1) is 13.8 Å². The lowest BCUT2D eigenvalue weighted by molar-refractivity contribution is -0.115. The Balaban J connectivity index is 1.97. The molecule has 0 heterocycles. The van der Waals surface area contributed by atoms with Gasteiger partial charge in [0.15, 0.2) is 11.5 Å². The van der Waals surface area contributed by atoms with Crippen LogP contribution in [0.2, 0.25) is 0 Å². The molecule has 4 nitrogen and oxygen atoms in total. The fourth-order valence-electron chi connectivity index (χ4n) is 2.40. The highest BCUT2D eigenvalue weighted by molar-refractivity contribution is 7.99. The fourth-order valence-corrected chi connectivity index (χ4v) is 3.35. The van der Waals surface area contributed by atoms with Crippen molar-refractivity contribution in [1.82, 2.24) is 0 Å². The molecule has 0 radical (unpaired) electrons. The summed E-state index contributed by atoms with van der Waals surface area (Å²) in [6.07, 6.45) is 0. The lowest BCUT2D eigenvalue weighted by atomic mass is 10.1. The third-order valence-electron chi connectivity index (χ3n) is 4.01. The Bertz CT molecular complexity index is 746. The van der Waals surface area contributed by atoms with Crippen molar-refractivity contribution in [1.29, 1.82) is 0 Å². The molecular weight excluding hydrogens is 334 g/mol. The van der Waals surface area contributed by atoms with Gasteiger partial charge in [0.2, 0.25) is 5.91 Å². The summed E-state index contributed by atoms with van der Waals surface area (Å²) >= 11 is 1.63. The van der Waals surface area contributed by atoms with Crippen molar-refractivity contribution < 1.29 is 14.3 Å². The number of anilines is 1. The Morgan fingerprint density at radius 2 is 1.80 bits per heavy atom. The van der Waals surface area contributed by atoms with E-state index in [0.717, 1.165) is 5.75 Å². The Morgan fingerprint density at radius 1 is 1.08 bits per heavy atom. The average molecular weight is 359 g/mol. The molecule has 0 aliphatic carbocycles. The second-order valence-electron chi connectivity index (χ2n) is 5.94. The quantitative estimate of drug-likeness (QED) is 0.786. The van der Waals surface area contributed by atoms with Gasteiger partial charge in [0.1, 0.15) is 0 Å². The van der Waals surface area contributed by atoms with Crippen LogP contribution in [0.15, 0.2) is 36.4 Å². The second kappa shape index (κ2) is 8.81. The third-order valence-corrected chi connectivity index (χ3v) is 5.21. The van der Waals surface area contributed by atoms with E-state index in [4.69, 9.17) is 9.47 Å². The number of thioether (sulfide) groups is 1. The number of methoxy groups -OCH3 is 2. The SMILES string of the molecule is COc1ccc(NC(=O)C(C)SCc2cc(C)ccc2C)cc1OC. The van der Waals surface area contributed by atoms with Gasteiger partial charge in [-0.25, -0.2) is 0 Å². The fraction of sp³-hybridized carbons (Fsp3) is 0.350. The van der Waals surface area contributed by atoms with Gasteiger partial charge in [0.25, 0.3) is 0 Å². The molecule has 0 bridgehead atoms. The van der Waals surface area contributed by atoms with E-state index in [2.05, 4.69) is 37.4 Å². The van der Waals surface area contributed by atoms with Gasteiger partial charge in [-0.2, -0.15) is 0 Å². The van der Waals surface area contributed by atoms with Gasteiger partial charge >= 0.3 is 0 Å². The van der Waals surface area contributed by atoms with Gasteiger partial charge < -0.3 is 14.8 Å². The minimum atomic E-state index is -0.159. The van der Waals surface area contributed by atoms with E-state index in [9.17, 15) is 4.79 Å². The van der Waals surface area contributed by atoms with Crippen molar-refractivity contribution in [3.63, 3.8) is 0 Å². The molecule has 25 heavy (non-hydrogen) atoms. The third kappa shape index (κ3) is 5.16. The Labute approximate surface area is 153 Å². The summed E-state index contributed by atoms with van der Waals surface area (Å²) in [6.45, 7) is 6.11. The maximum Gasteiger partial charge on any atom is 0.237 e. The van der Waals surface area contributed by atoms with Crippen LogP contribution in [0.25, 0.3) is 0 Å². The molecule has 2 rings (SSSR count). The molecule has 2 aromatic rings. The van der Waals surface area contributed by atoms with Gasteiger partial charge in [-0.15, -0.1) is 11.8 Å². The molecule has 5 heteroatoms. The lowest BCUT2D eigenvalue weighted by Crippen LogP contribution is -2.22. The highest BCUT2D eigenvalue weighted by Crippen LogP contribution is 2.30. The smallest absolute Gasteiger partial charge is 0.237 e. The summed E-state index contributed by atoms with van der Waals surface area (Å²) in [7, 11) is 3.16. The molecule has 134 valence electrons.